The maximum atomic E-state index is 13.3. The second kappa shape index (κ2) is 9.26. The lowest BCUT2D eigenvalue weighted by atomic mass is 9.91. The van der Waals surface area contributed by atoms with Gasteiger partial charge in [-0.2, -0.15) is 0 Å². The number of piperidine rings is 1. The van der Waals surface area contributed by atoms with E-state index in [-0.39, 0.29) is 12.4 Å². The van der Waals surface area contributed by atoms with Crippen molar-refractivity contribution < 1.29 is 14.2 Å². The Balaban J connectivity index is 1.88. The van der Waals surface area contributed by atoms with Crippen LogP contribution in [0.15, 0.2) is 30.6 Å². The lowest BCUT2D eigenvalue weighted by Gasteiger charge is -2.32. The molecule has 1 N–H and O–H groups in total. The quantitative estimate of drug-likeness (QED) is 0.735. The summed E-state index contributed by atoms with van der Waals surface area (Å²) >= 11 is 0. The highest BCUT2D eigenvalue weighted by Gasteiger charge is 2.26. The van der Waals surface area contributed by atoms with Crippen molar-refractivity contribution >= 4 is 0 Å². The third-order valence-electron chi connectivity index (χ3n) is 5.05. The van der Waals surface area contributed by atoms with Gasteiger partial charge in [0.25, 0.3) is 0 Å². The van der Waals surface area contributed by atoms with Crippen LogP contribution in [0.4, 0.5) is 4.39 Å². The maximum Gasteiger partial charge on any atom is 0.123 e. The van der Waals surface area contributed by atoms with E-state index in [4.69, 9.17) is 9.84 Å². The number of aromatic nitrogens is 2. The van der Waals surface area contributed by atoms with Crippen molar-refractivity contribution in [2.24, 2.45) is 0 Å². The summed E-state index contributed by atoms with van der Waals surface area (Å²) < 4.78 is 20.9. The summed E-state index contributed by atoms with van der Waals surface area (Å²) in [5.41, 5.74) is 3.10. The van der Waals surface area contributed by atoms with Gasteiger partial charge in [-0.1, -0.05) is 6.92 Å². The molecule has 1 fully saturated rings. The zero-order chi connectivity index (χ0) is 18.4. The summed E-state index contributed by atoms with van der Waals surface area (Å²) in [5, 5.41) is 8.87. The third-order valence-corrected chi connectivity index (χ3v) is 5.05. The molecule has 1 unspecified atom stereocenters. The van der Waals surface area contributed by atoms with Crippen LogP contribution in [0.1, 0.15) is 31.4 Å². The molecule has 2 aromatic rings. The van der Waals surface area contributed by atoms with Gasteiger partial charge in [0.2, 0.25) is 0 Å². The SMILES string of the molecule is CCN1CCCC(c2c(-c3ccc(F)cc3)ncn2CCOCCO)C1. The first-order valence-electron chi connectivity index (χ1n) is 9.44. The van der Waals surface area contributed by atoms with Crippen LogP contribution in [-0.4, -0.2) is 59.0 Å². The van der Waals surface area contributed by atoms with Gasteiger partial charge in [-0.05, 0) is 50.2 Å². The van der Waals surface area contributed by atoms with Gasteiger partial charge in [0.1, 0.15) is 5.82 Å². The van der Waals surface area contributed by atoms with Gasteiger partial charge in [-0.3, -0.25) is 0 Å². The van der Waals surface area contributed by atoms with Crippen molar-refractivity contribution in [1.29, 1.82) is 0 Å². The Hall–Kier alpha value is -1.76. The molecule has 1 aliphatic rings. The Kier molecular flexibility index (Phi) is 6.77. The van der Waals surface area contributed by atoms with E-state index in [2.05, 4.69) is 21.4 Å². The molecule has 1 aromatic carbocycles. The van der Waals surface area contributed by atoms with Gasteiger partial charge in [-0.25, -0.2) is 9.37 Å². The van der Waals surface area contributed by atoms with Crippen molar-refractivity contribution in [2.75, 3.05) is 39.5 Å². The topological polar surface area (TPSA) is 50.5 Å². The summed E-state index contributed by atoms with van der Waals surface area (Å²) in [6.07, 6.45) is 4.17. The highest BCUT2D eigenvalue weighted by Crippen LogP contribution is 2.34. The molecule has 2 heterocycles. The highest BCUT2D eigenvalue weighted by molar-refractivity contribution is 5.62. The minimum atomic E-state index is -0.234. The summed E-state index contributed by atoms with van der Waals surface area (Å²) in [7, 11) is 0. The number of rotatable bonds is 8. The Morgan fingerprint density at radius 2 is 2.08 bits per heavy atom. The average Bonchev–Trinajstić information content (AvgIpc) is 3.10. The van der Waals surface area contributed by atoms with E-state index in [1.807, 2.05) is 6.33 Å². The normalized spacial score (nSPS) is 18.3. The van der Waals surface area contributed by atoms with E-state index in [0.29, 0.717) is 25.7 Å². The fourth-order valence-corrected chi connectivity index (χ4v) is 3.72. The molecular weight excluding hydrogens is 333 g/mol. The van der Waals surface area contributed by atoms with Crippen molar-refractivity contribution in [3.63, 3.8) is 0 Å². The number of benzene rings is 1. The van der Waals surface area contributed by atoms with Crippen LogP contribution in [0.3, 0.4) is 0 Å². The molecule has 1 saturated heterocycles. The summed E-state index contributed by atoms with van der Waals surface area (Å²) in [6.45, 7) is 7.04. The number of halogens is 1. The van der Waals surface area contributed by atoms with Gasteiger partial charge in [-0.15, -0.1) is 0 Å². The monoisotopic (exact) mass is 361 g/mol. The van der Waals surface area contributed by atoms with Crippen LogP contribution >= 0.6 is 0 Å². The largest absolute Gasteiger partial charge is 0.394 e. The zero-order valence-electron chi connectivity index (χ0n) is 15.4. The van der Waals surface area contributed by atoms with E-state index < -0.39 is 0 Å². The molecule has 0 radical (unpaired) electrons. The number of likely N-dealkylation sites (N-methyl/N-ethyl adjacent to an activating group) is 1. The van der Waals surface area contributed by atoms with Crippen LogP contribution in [-0.2, 0) is 11.3 Å². The summed E-state index contributed by atoms with van der Waals surface area (Å²) in [5.74, 6) is 0.172. The molecule has 1 aromatic heterocycles. The second-order valence-corrected chi connectivity index (χ2v) is 6.75. The van der Waals surface area contributed by atoms with Gasteiger partial charge >= 0.3 is 0 Å². The molecule has 1 aliphatic heterocycles. The van der Waals surface area contributed by atoms with E-state index in [0.717, 1.165) is 37.3 Å². The standard InChI is InChI=1S/C20H28FN3O2/c1-2-23-9-3-4-17(14-23)20-19(16-5-7-18(21)8-6-16)22-15-24(20)10-12-26-13-11-25/h5-8,15,17,25H,2-4,9-14H2,1H3. The smallest absolute Gasteiger partial charge is 0.123 e. The first-order valence-corrected chi connectivity index (χ1v) is 9.44. The number of likely N-dealkylation sites (tertiary alicyclic amines) is 1. The first kappa shape index (κ1) is 19.0. The van der Waals surface area contributed by atoms with Crippen LogP contribution in [0.5, 0.6) is 0 Å². The molecule has 0 saturated carbocycles. The molecule has 5 nitrogen and oxygen atoms in total. The minimum absolute atomic E-state index is 0.0334. The van der Waals surface area contributed by atoms with Gasteiger partial charge in [0.05, 0.1) is 31.8 Å². The lowest BCUT2D eigenvalue weighted by Crippen LogP contribution is -2.35. The Morgan fingerprint density at radius 3 is 2.81 bits per heavy atom. The highest BCUT2D eigenvalue weighted by atomic mass is 19.1. The van der Waals surface area contributed by atoms with Crippen molar-refractivity contribution in [3.8, 4) is 11.3 Å². The fourth-order valence-electron chi connectivity index (χ4n) is 3.72. The minimum Gasteiger partial charge on any atom is -0.394 e. The lowest BCUT2D eigenvalue weighted by molar-refractivity contribution is 0.0862. The molecule has 0 amide bonds. The van der Waals surface area contributed by atoms with Crippen molar-refractivity contribution in [3.05, 3.63) is 42.1 Å². The molecule has 26 heavy (non-hydrogen) atoms. The Labute approximate surface area is 154 Å². The molecule has 6 heteroatoms. The van der Waals surface area contributed by atoms with E-state index in [9.17, 15) is 4.39 Å². The van der Waals surface area contributed by atoms with Crippen LogP contribution in [0.2, 0.25) is 0 Å². The Morgan fingerprint density at radius 1 is 1.27 bits per heavy atom. The summed E-state index contributed by atoms with van der Waals surface area (Å²) in [6, 6.07) is 6.58. The van der Waals surface area contributed by atoms with Crippen molar-refractivity contribution in [2.45, 2.75) is 32.2 Å². The molecule has 0 spiro atoms. The number of aliphatic hydroxyl groups is 1. The van der Waals surface area contributed by atoms with E-state index in [1.54, 1.807) is 12.1 Å². The molecule has 0 aliphatic carbocycles. The molecular formula is C20H28FN3O2. The fraction of sp³-hybridized carbons (Fsp3) is 0.550. The van der Waals surface area contributed by atoms with Crippen molar-refractivity contribution in [1.82, 2.24) is 14.5 Å². The molecule has 3 rings (SSSR count). The van der Waals surface area contributed by atoms with E-state index >= 15 is 0 Å². The molecule has 0 bridgehead atoms. The van der Waals surface area contributed by atoms with Crippen LogP contribution in [0.25, 0.3) is 11.3 Å². The van der Waals surface area contributed by atoms with E-state index in [1.165, 1.54) is 24.2 Å². The van der Waals surface area contributed by atoms with Gasteiger partial charge in [0, 0.05) is 30.3 Å². The predicted octanol–water partition coefficient (Wildman–Crippen LogP) is 2.90. The van der Waals surface area contributed by atoms with Crippen LogP contribution in [0, 0.1) is 5.82 Å². The number of ether oxygens (including phenoxy) is 1. The number of hydrogen-bond acceptors (Lipinski definition) is 4. The molecule has 1 atom stereocenters. The number of hydrogen-bond donors (Lipinski definition) is 1. The zero-order valence-corrected chi connectivity index (χ0v) is 15.4. The third kappa shape index (κ3) is 4.50. The summed E-state index contributed by atoms with van der Waals surface area (Å²) in [4.78, 5) is 7.13. The maximum absolute atomic E-state index is 13.3. The second-order valence-electron chi connectivity index (χ2n) is 6.75. The van der Waals surface area contributed by atoms with Gasteiger partial charge in [0.15, 0.2) is 0 Å². The number of aliphatic hydroxyl groups excluding tert-OH is 1. The molecule has 142 valence electrons. The first-order chi connectivity index (χ1) is 12.7. The Bertz CT molecular complexity index is 687. The van der Waals surface area contributed by atoms with Gasteiger partial charge < -0.3 is 19.3 Å². The predicted molar refractivity (Wildman–Crippen MR) is 99.6 cm³/mol. The number of imidazole rings is 1. The van der Waals surface area contributed by atoms with Crippen LogP contribution < -0.4 is 0 Å². The average molecular weight is 361 g/mol. The number of nitrogens with zero attached hydrogens (tertiary/aromatic N) is 3.